The Hall–Kier alpha value is -0.540. The number of rotatable bonds is 8. The van der Waals surface area contributed by atoms with E-state index >= 15 is 0 Å². The zero-order chi connectivity index (χ0) is 13.7. The summed E-state index contributed by atoms with van der Waals surface area (Å²) in [6.45, 7) is 6.21. The molecule has 1 aromatic carbocycles. The molecule has 106 valence electrons. The summed E-state index contributed by atoms with van der Waals surface area (Å²) in [5.41, 5.74) is 1.38. The first-order valence-electron chi connectivity index (χ1n) is 7.41. The third-order valence-corrected chi connectivity index (χ3v) is 4.10. The number of benzene rings is 1. The molecule has 0 heterocycles. The number of halogens is 1. The van der Waals surface area contributed by atoms with Crippen molar-refractivity contribution in [2.75, 3.05) is 13.2 Å². The Labute approximate surface area is 125 Å². The van der Waals surface area contributed by atoms with Crippen LogP contribution < -0.4 is 10.1 Å². The van der Waals surface area contributed by atoms with Crippen LogP contribution in [0.1, 0.15) is 51.1 Å². The van der Waals surface area contributed by atoms with Crippen LogP contribution in [0.5, 0.6) is 5.75 Å². The summed E-state index contributed by atoms with van der Waals surface area (Å²) in [5, 5.41) is 3.68. The monoisotopic (exact) mass is 325 g/mol. The minimum atomic E-state index is 0.511. The van der Waals surface area contributed by atoms with Crippen molar-refractivity contribution in [2.24, 2.45) is 5.92 Å². The standard InChI is InChI=1S/C16H24BrNO/c1-3-9-18-16(12-5-6-12)13-7-8-15(14(17)11-13)19-10-4-2/h7-8,11-12,16,18H,3-6,9-10H2,1-2H3. The minimum absolute atomic E-state index is 0.511. The van der Waals surface area contributed by atoms with Crippen molar-refractivity contribution in [3.05, 3.63) is 28.2 Å². The number of hydrogen-bond donors (Lipinski definition) is 1. The van der Waals surface area contributed by atoms with Gasteiger partial charge >= 0.3 is 0 Å². The molecule has 1 unspecified atom stereocenters. The fourth-order valence-electron chi connectivity index (χ4n) is 2.33. The molecule has 2 rings (SSSR count). The van der Waals surface area contributed by atoms with Crippen LogP contribution >= 0.6 is 15.9 Å². The van der Waals surface area contributed by atoms with Crippen molar-refractivity contribution in [3.8, 4) is 5.75 Å². The van der Waals surface area contributed by atoms with Gasteiger partial charge in [-0.25, -0.2) is 0 Å². The molecule has 1 N–H and O–H groups in total. The Morgan fingerprint density at radius 1 is 1.32 bits per heavy atom. The van der Waals surface area contributed by atoms with Gasteiger partial charge in [-0.2, -0.15) is 0 Å². The molecule has 1 fully saturated rings. The first-order valence-corrected chi connectivity index (χ1v) is 8.21. The van der Waals surface area contributed by atoms with Gasteiger partial charge in [-0.3, -0.25) is 0 Å². The van der Waals surface area contributed by atoms with E-state index in [2.05, 4.69) is 53.3 Å². The van der Waals surface area contributed by atoms with Crippen molar-refractivity contribution < 1.29 is 4.74 Å². The largest absolute Gasteiger partial charge is 0.492 e. The van der Waals surface area contributed by atoms with E-state index in [0.29, 0.717) is 6.04 Å². The molecule has 0 spiro atoms. The van der Waals surface area contributed by atoms with E-state index in [0.717, 1.165) is 35.7 Å². The molecule has 1 atom stereocenters. The normalized spacial score (nSPS) is 16.4. The van der Waals surface area contributed by atoms with Crippen molar-refractivity contribution in [3.63, 3.8) is 0 Å². The Kier molecular flexibility index (Phi) is 5.71. The van der Waals surface area contributed by atoms with Crippen LogP contribution in [0.25, 0.3) is 0 Å². The van der Waals surface area contributed by atoms with Gasteiger partial charge in [0.2, 0.25) is 0 Å². The summed E-state index contributed by atoms with van der Waals surface area (Å²) in [5.74, 6) is 1.77. The molecule has 3 heteroatoms. The molecule has 0 saturated heterocycles. The average Bonchev–Trinajstić information content (AvgIpc) is 3.23. The summed E-state index contributed by atoms with van der Waals surface area (Å²) in [6, 6.07) is 7.03. The van der Waals surface area contributed by atoms with E-state index in [1.807, 2.05) is 0 Å². The first kappa shape index (κ1) is 14.9. The maximum absolute atomic E-state index is 5.71. The maximum atomic E-state index is 5.71. The SMILES string of the molecule is CCCNC(c1ccc(OCCC)c(Br)c1)C1CC1. The zero-order valence-corrected chi connectivity index (χ0v) is 13.5. The number of ether oxygens (including phenoxy) is 1. The predicted octanol–water partition coefficient (Wildman–Crippen LogP) is 4.69. The first-order chi connectivity index (χ1) is 9.26. The smallest absolute Gasteiger partial charge is 0.133 e. The van der Waals surface area contributed by atoms with Crippen LogP contribution in [-0.2, 0) is 0 Å². The molecule has 0 aromatic heterocycles. The van der Waals surface area contributed by atoms with Gasteiger partial charge in [0.25, 0.3) is 0 Å². The van der Waals surface area contributed by atoms with Crippen molar-refractivity contribution >= 4 is 15.9 Å². The zero-order valence-electron chi connectivity index (χ0n) is 11.9. The predicted molar refractivity (Wildman–Crippen MR) is 83.7 cm³/mol. The van der Waals surface area contributed by atoms with Crippen molar-refractivity contribution in [1.29, 1.82) is 0 Å². The fraction of sp³-hybridized carbons (Fsp3) is 0.625. The highest BCUT2D eigenvalue weighted by atomic mass is 79.9. The van der Waals surface area contributed by atoms with Gasteiger partial charge in [0, 0.05) is 6.04 Å². The molecular formula is C16H24BrNO. The van der Waals surface area contributed by atoms with Gasteiger partial charge in [-0.15, -0.1) is 0 Å². The molecule has 1 aliphatic rings. The molecule has 0 amide bonds. The summed E-state index contributed by atoms with van der Waals surface area (Å²) >= 11 is 3.63. The van der Waals surface area contributed by atoms with Crippen LogP contribution in [0, 0.1) is 5.92 Å². The van der Waals surface area contributed by atoms with Crippen LogP contribution in [-0.4, -0.2) is 13.2 Å². The van der Waals surface area contributed by atoms with E-state index < -0.39 is 0 Å². The van der Waals surface area contributed by atoms with Crippen molar-refractivity contribution in [1.82, 2.24) is 5.32 Å². The number of nitrogens with one attached hydrogen (secondary N) is 1. The molecule has 19 heavy (non-hydrogen) atoms. The summed E-state index contributed by atoms with van der Waals surface area (Å²) < 4.78 is 6.78. The van der Waals surface area contributed by atoms with E-state index in [9.17, 15) is 0 Å². The fourth-order valence-corrected chi connectivity index (χ4v) is 2.84. The van der Waals surface area contributed by atoms with E-state index in [1.165, 1.54) is 24.8 Å². The minimum Gasteiger partial charge on any atom is -0.492 e. The Morgan fingerprint density at radius 2 is 2.11 bits per heavy atom. The highest BCUT2D eigenvalue weighted by Gasteiger charge is 2.32. The van der Waals surface area contributed by atoms with Gasteiger partial charge < -0.3 is 10.1 Å². The average molecular weight is 326 g/mol. The lowest BCUT2D eigenvalue weighted by atomic mass is 10.0. The van der Waals surface area contributed by atoms with E-state index in [1.54, 1.807) is 0 Å². The molecule has 1 aromatic rings. The molecule has 1 saturated carbocycles. The van der Waals surface area contributed by atoms with Gasteiger partial charge in [0.15, 0.2) is 0 Å². The number of hydrogen-bond acceptors (Lipinski definition) is 2. The summed E-state index contributed by atoms with van der Waals surface area (Å²) in [7, 11) is 0. The van der Waals surface area contributed by atoms with E-state index in [-0.39, 0.29) is 0 Å². The van der Waals surface area contributed by atoms with Gasteiger partial charge in [-0.1, -0.05) is 19.9 Å². The lowest BCUT2D eigenvalue weighted by Gasteiger charge is -2.19. The third-order valence-electron chi connectivity index (χ3n) is 3.48. The molecule has 0 aliphatic heterocycles. The topological polar surface area (TPSA) is 21.3 Å². The van der Waals surface area contributed by atoms with Gasteiger partial charge in [-0.05, 0) is 71.8 Å². The molecule has 0 bridgehead atoms. The summed E-state index contributed by atoms with van der Waals surface area (Å²) in [4.78, 5) is 0. The van der Waals surface area contributed by atoms with Crippen LogP contribution in [0.2, 0.25) is 0 Å². The second-order valence-corrected chi connectivity index (χ2v) is 6.16. The molecular weight excluding hydrogens is 302 g/mol. The summed E-state index contributed by atoms with van der Waals surface area (Å²) in [6.07, 6.45) is 4.93. The highest BCUT2D eigenvalue weighted by molar-refractivity contribution is 9.10. The Morgan fingerprint density at radius 3 is 2.68 bits per heavy atom. The Bertz CT molecular complexity index is 404. The lowest BCUT2D eigenvalue weighted by Crippen LogP contribution is -2.23. The molecule has 2 nitrogen and oxygen atoms in total. The maximum Gasteiger partial charge on any atom is 0.133 e. The third kappa shape index (κ3) is 4.22. The van der Waals surface area contributed by atoms with Gasteiger partial charge in [0.1, 0.15) is 5.75 Å². The highest BCUT2D eigenvalue weighted by Crippen LogP contribution is 2.42. The molecule has 0 radical (unpaired) electrons. The van der Waals surface area contributed by atoms with Crippen molar-refractivity contribution in [2.45, 2.75) is 45.6 Å². The molecule has 1 aliphatic carbocycles. The quantitative estimate of drug-likeness (QED) is 0.748. The van der Waals surface area contributed by atoms with Gasteiger partial charge in [0.05, 0.1) is 11.1 Å². The lowest BCUT2D eigenvalue weighted by molar-refractivity contribution is 0.315. The second kappa shape index (κ2) is 7.30. The van der Waals surface area contributed by atoms with Crippen LogP contribution in [0.4, 0.5) is 0 Å². The Balaban J connectivity index is 2.07. The second-order valence-electron chi connectivity index (χ2n) is 5.31. The van der Waals surface area contributed by atoms with E-state index in [4.69, 9.17) is 4.74 Å². The van der Waals surface area contributed by atoms with Crippen LogP contribution in [0.3, 0.4) is 0 Å². The van der Waals surface area contributed by atoms with Crippen LogP contribution in [0.15, 0.2) is 22.7 Å².